The van der Waals surface area contributed by atoms with E-state index < -0.39 is 0 Å². The van der Waals surface area contributed by atoms with Gasteiger partial charge in [0.25, 0.3) is 0 Å². The highest BCUT2D eigenvalue weighted by molar-refractivity contribution is 5.24. The number of hydrogen-bond acceptors (Lipinski definition) is 2. The van der Waals surface area contributed by atoms with E-state index in [1.165, 1.54) is 11.1 Å². The summed E-state index contributed by atoms with van der Waals surface area (Å²) in [5.41, 5.74) is 2.69. The lowest BCUT2D eigenvalue weighted by Gasteiger charge is -2.42. The normalized spacial score (nSPS) is 33.6. The van der Waals surface area contributed by atoms with Crippen LogP contribution in [0.5, 0.6) is 0 Å². The Kier molecular flexibility index (Phi) is 3.55. The molecule has 94 valence electrons. The van der Waals surface area contributed by atoms with Gasteiger partial charge in [-0.05, 0) is 32.8 Å². The van der Waals surface area contributed by atoms with Crippen molar-refractivity contribution in [3.05, 3.63) is 35.4 Å². The summed E-state index contributed by atoms with van der Waals surface area (Å²) in [5.74, 6) is 0. The van der Waals surface area contributed by atoms with Gasteiger partial charge in [0.2, 0.25) is 0 Å². The molecule has 2 heteroatoms. The number of nitrogens with one attached hydrogen (secondary N) is 1. The molecule has 1 aromatic carbocycles. The van der Waals surface area contributed by atoms with Crippen molar-refractivity contribution in [3.63, 3.8) is 0 Å². The van der Waals surface area contributed by atoms with Crippen LogP contribution in [0.1, 0.15) is 44.4 Å². The van der Waals surface area contributed by atoms with E-state index in [1.54, 1.807) is 0 Å². The van der Waals surface area contributed by atoms with Gasteiger partial charge in [-0.15, -0.1) is 0 Å². The molecule has 2 nitrogen and oxygen atoms in total. The Labute approximate surface area is 104 Å². The smallest absolute Gasteiger partial charge is 0.0976 e. The number of hydrogen-bond donors (Lipinski definition) is 1. The summed E-state index contributed by atoms with van der Waals surface area (Å²) in [6.07, 6.45) is 1.27. The first-order valence-corrected chi connectivity index (χ1v) is 6.50. The fourth-order valence-electron chi connectivity index (χ4n) is 2.43. The fraction of sp³-hybridized carbons (Fsp3) is 0.600. The summed E-state index contributed by atoms with van der Waals surface area (Å²) in [6.45, 7) is 9.54. The van der Waals surface area contributed by atoms with Crippen LogP contribution >= 0.6 is 0 Å². The molecule has 17 heavy (non-hydrogen) atoms. The first-order chi connectivity index (χ1) is 8.04. The molecule has 0 spiro atoms. The number of ether oxygens (including phenoxy) is 1. The monoisotopic (exact) mass is 233 g/mol. The van der Waals surface area contributed by atoms with Gasteiger partial charge in [-0.2, -0.15) is 0 Å². The topological polar surface area (TPSA) is 21.3 Å². The van der Waals surface area contributed by atoms with Crippen LogP contribution in [0.25, 0.3) is 0 Å². The Balaban J connectivity index is 2.12. The quantitative estimate of drug-likeness (QED) is 0.847. The second-order valence-corrected chi connectivity index (χ2v) is 5.49. The van der Waals surface area contributed by atoms with Crippen LogP contribution in [0.3, 0.4) is 0 Å². The Morgan fingerprint density at radius 2 is 2.00 bits per heavy atom. The van der Waals surface area contributed by atoms with Gasteiger partial charge in [0.05, 0.1) is 12.7 Å². The Hall–Kier alpha value is -0.860. The largest absolute Gasteiger partial charge is 0.370 e. The van der Waals surface area contributed by atoms with Crippen molar-refractivity contribution >= 4 is 0 Å². The molecule has 0 amide bonds. The van der Waals surface area contributed by atoms with Gasteiger partial charge in [-0.1, -0.05) is 36.8 Å². The molecule has 1 saturated heterocycles. The van der Waals surface area contributed by atoms with Crippen molar-refractivity contribution in [2.24, 2.45) is 0 Å². The number of rotatable bonds is 2. The van der Waals surface area contributed by atoms with E-state index in [9.17, 15) is 0 Å². The van der Waals surface area contributed by atoms with Crippen LogP contribution in [-0.4, -0.2) is 18.2 Å². The van der Waals surface area contributed by atoms with Gasteiger partial charge < -0.3 is 10.1 Å². The number of benzene rings is 1. The molecule has 1 aliphatic heterocycles. The third kappa shape index (κ3) is 2.70. The number of morpholine rings is 1. The molecule has 3 unspecified atom stereocenters. The van der Waals surface area contributed by atoms with Gasteiger partial charge in [-0.3, -0.25) is 0 Å². The van der Waals surface area contributed by atoms with Crippen molar-refractivity contribution in [2.45, 2.75) is 51.8 Å². The van der Waals surface area contributed by atoms with Crippen LogP contribution < -0.4 is 5.32 Å². The minimum atomic E-state index is 0.126. The van der Waals surface area contributed by atoms with E-state index in [4.69, 9.17) is 4.74 Å². The van der Waals surface area contributed by atoms with E-state index in [2.05, 4.69) is 57.3 Å². The van der Waals surface area contributed by atoms with Gasteiger partial charge in [0.1, 0.15) is 0 Å². The van der Waals surface area contributed by atoms with Crippen molar-refractivity contribution in [2.75, 3.05) is 6.61 Å². The van der Waals surface area contributed by atoms with Gasteiger partial charge in [0.15, 0.2) is 0 Å². The van der Waals surface area contributed by atoms with E-state index in [-0.39, 0.29) is 11.6 Å². The van der Waals surface area contributed by atoms with Crippen molar-refractivity contribution in [3.8, 4) is 0 Å². The molecule has 0 saturated carbocycles. The van der Waals surface area contributed by atoms with Crippen LogP contribution in [0, 0.1) is 6.92 Å². The zero-order chi connectivity index (χ0) is 12.5. The number of aryl methyl sites for hydroxylation is 1. The maximum absolute atomic E-state index is 6.06. The van der Waals surface area contributed by atoms with Crippen molar-refractivity contribution in [1.29, 1.82) is 0 Å². The Bertz CT molecular complexity index is 373. The lowest BCUT2D eigenvalue weighted by atomic mass is 9.92. The summed E-state index contributed by atoms with van der Waals surface area (Å²) in [4.78, 5) is 0. The zero-order valence-corrected chi connectivity index (χ0v) is 11.3. The molecule has 1 heterocycles. The highest BCUT2D eigenvalue weighted by atomic mass is 16.5. The van der Waals surface area contributed by atoms with E-state index >= 15 is 0 Å². The Morgan fingerprint density at radius 1 is 1.35 bits per heavy atom. The van der Waals surface area contributed by atoms with E-state index in [0.717, 1.165) is 13.0 Å². The van der Waals surface area contributed by atoms with Crippen molar-refractivity contribution < 1.29 is 4.74 Å². The summed E-state index contributed by atoms with van der Waals surface area (Å²) in [7, 11) is 0. The van der Waals surface area contributed by atoms with Gasteiger partial charge >= 0.3 is 0 Å². The van der Waals surface area contributed by atoms with Crippen molar-refractivity contribution in [1.82, 2.24) is 5.32 Å². The molecule has 3 atom stereocenters. The molecule has 0 radical (unpaired) electrons. The SMILES string of the molecule is CCC1(C)COC(c2ccc(C)cc2)C(C)N1. The summed E-state index contributed by atoms with van der Waals surface area (Å²) < 4.78 is 6.06. The van der Waals surface area contributed by atoms with E-state index in [0.29, 0.717) is 6.04 Å². The molecule has 0 aliphatic carbocycles. The minimum absolute atomic E-state index is 0.126. The molecule has 1 aliphatic rings. The first kappa shape index (κ1) is 12.6. The summed E-state index contributed by atoms with van der Waals surface area (Å²) in [6, 6.07) is 9.01. The molecule has 2 rings (SSSR count). The lowest BCUT2D eigenvalue weighted by molar-refractivity contribution is -0.0561. The standard InChI is InChI=1S/C15H23NO/c1-5-15(4)10-17-14(12(3)16-15)13-8-6-11(2)7-9-13/h6-9,12,14,16H,5,10H2,1-4H3. The molecule has 0 aromatic heterocycles. The molecule has 1 fully saturated rings. The minimum Gasteiger partial charge on any atom is -0.370 e. The summed E-state index contributed by atoms with van der Waals surface area (Å²) >= 11 is 0. The molecule has 1 N–H and O–H groups in total. The maximum Gasteiger partial charge on any atom is 0.0976 e. The highest BCUT2D eigenvalue weighted by Gasteiger charge is 2.35. The maximum atomic E-state index is 6.06. The fourth-order valence-corrected chi connectivity index (χ4v) is 2.43. The third-order valence-corrected chi connectivity index (χ3v) is 3.80. The third-order valence-electron chi connectivity index (χ3n) is 3.80. The van der Waals surface area contributed by atoms with Crippen LogP contribution in [-0.2, 0) is 4.74 Å². The summed E-state index contributed by atoms with van der Waals surface area (Å²) in [5, 5.41) is 3.68. The first-order valence-electron chi connectivity index (χ1n) is 6.50. The zero-order valence-electron chi connectivity index (χ0n) is 11.3. The van der Waals surface area contributed by atoms with E-state index in [1.807, 2.05) is 0 Å². The Morgan fingerprint density at radius 3 is 2.53 bits per heavy atom. The van der Waals surface area contributed by atoms with Gasteiger partial charge in [-0.25, -0.2) is 0 Å². The van der Waals surface area contributed by atoms with Crippen LogP contribution in [0.15, 0.2) is 24.3 Å². The predicted molar refractivity (Wildman–Crippen MR) is 71.2 cm³/mol. The molecule has 1 aromatic rings. The average molecular weight is 233 g/mol. The average Bonchev–Trinajstić information content (AvgIpc) is 2.31. The predicted octanol–water partition coefficient (Wildman–Crippen LogP) is 3.21. The molecular formula is C15H23NO. The molecular weight excluding hydrogens is 210 g/mol. The van der Waals surface area contributed by atoms with Crippen LogP contribution in [0.4, 0.5) is 0 Å². The highest BCUT2D eigenvalue weighted by Crippen LogP contribution is 2.29. The van der Waals surface area contributed by atoms with Gasteiger partial charge in [0, 0.05) is 11.6 Å². The lowest BCUT2D eigenvalue weighted by Crippen LogP contribution is -2.56. The molecule has 0 bridgehead atoms. The second kappa shape index (κ2) is 4.79. The second-order valence-electron chi connectivity index (χ2n) is 5.49. The van der Waals surface area contributed by atoms with Crippen LogP contribution in [0.2, 0.25) is 0 Å².